The van der Waals surface area contributed by atoms with Crippen LogP contribution in [0.1, 0.15) is 24.1 Å². The number of H-pyrrole nitrogens is 1. The summed E-state index contributed by atoms with van der Waals surface area (Å²) in [5.41, 5.74) is 1.29. The smallest absolute Gasteiger partial charge is 0.163 e. The van der Waals surface area contributed by atoms with E-state index in [1.807, 2.05) is 0 Å². The molecule has 17 heavy (non-hydrogen) atoms. The first-order chi connectivity index (χ1) is 8.18. The first kappa shape index (κ1) is 11.7. The number of nitrogens with zero attached hydrogens (tertiary/aromatic N) is 1. The molecule has 0 fully saturated rings. The molecule has 0 bridgehead atoms. The molecule has 0 spiro atoms. The number of hydrogen-bond donors (Lipinski definition) is 2. The summed E-state index contributed by atoms with van der Waals surface area (Å²) in [7, 11) is 0. The van der Waals surface area contributed by atoms with Crippen molar-refractivity contribution in [3.63, 3.8) is 0 Å². The third-order valence-electron chi connectivity index (χ3n) is 2.62. The summed E-state index contributed by atoms with van der Waals surface area (Å²) in [5, 5.41) is 9.60. The molecule has 2 N–H and O–H groups in total. The Morgan fingerprint density at radius 2 is 2.24 bits per heavy atom. The molecule has 1 atom stereocenters. The van der Waals surface area contributed by atoms with Gasteiger partial charge in [-0.1, -0.05) is 12.1 Å². The molecule has 0 amide bonds. The van der Waals surface area contributed by atoms with Crippen molar-refractivity contribution >= 4 is 0 Å². The van der Waals surface area contributed by atoms with Gasteiger partial charge < -0.3 is 5.32 Å². The van der Waals surface area contributed by atoms with E-state index < -0.39 is 11.6 Å². The van der Waals surface area contributed by atoms with Gasteiger partial charge in [-0.2, -0.15) is 5.10 Å². The summed E-state index contributed by atoms with van der Waals surface area (Å²) in [6.45, 7) is 2.34. The fourth-order valence-electron chi connectivity index (χ4n) is 1.61. The third-order valence-corrected chi connectivity index (χ3v) is 2.62. The first-order valence-corrected chi connectivity index (χ1v) is 5.33. The fourth-order valence-corrected chi connectivity index (χ4v) is 1.61. The van der Waals surface area contributed by atoms with Gasteiger partial charge in [-0.25, -0.2) is 8.78 Å². The van der Waals surface area contributed by atoms with Crippen LogP contribution in [-0.4, -0.2) is 10.2 Å². The summed E-state index contributed by atoms with van der Waals surface area (Å²) in [5.74, 6) is -1.61. The van der Waals surface area contributed by atoms with Crippen molar-refractivity contribution in [3.05, 3.63) is 53.4 Å². The third kappa shape index (κ3) is 2.68. The highest BCUT2D eigenvalue weighted by molar-refractivity contribution is 5.22. The Morgan fingerprint density at radius 1 is 1.41 bits per heavy atom. The molecule has 90 valence electrons. The highest BCUT2D eigenvalue weighted by Crippen LogP contribution is 2.19. The predicted octanol–water partition coefficient (Wildman–Crippen LogP) is 2.54. The van der Waals surface area contributed by atoms with Gasteiger partial charge in [0, 0.05) is 29.9 Å². The summed E-state index contributed by atoms with van der Waals surface area (Å²) >= 11 is 0. The van der Waals surface area contributed by atoms with Crippen LogP contribution in [0, 0.1) is 11.6 Å². The number of hydrogen-bond acceptors (Lipinski definition) is 2. The second-order valence-electron chi connectivity index (χ2n) is 3.85. The van der Waals surface area contributed by atoms with Crippen LogP contribution in [0.5, 0.6) is 0 Å². The van der Waals surface area contributed by atoms with Gasteiger partial charge in [-0.3, -0.25) is 5.10 Å². The molecule has 0 saturated carbocycles. The van der Waals surface area contributed by atoms with E-state index in [0.717, 1.165) is 11.6 Å². The molecule has 1 aromatic carbocycles. The minimum Gasteiger partial charge on any atom is -0.306 e. The Hall–Kier alpha value is -1.75. The lowest BCUT2D eigenvalue weighted by atomic mass is 10.1. The highest BCUT2D eigenvalue weighted by Gasteiger charge is 2.13. The molecule has 1 unspecified atom stereocenters. The van der Waals surface area contributed by atoms with Crippen molar-refractivity contribution in [1.29, 1.82) is 0 Å². The average molecular weight is 237 g/mol. The van der Waals surface area contributed by atoms with Crippen molar-refractivity contribution in [2.45, 2.75) is 19.5 Å². The molecule has 0 aliphatic rings. The molecule has 0 aliphatic heterocycles. The molecule has 0 saturated heterocycles. The molecule has 2 aromatic rings. The zero-order chi connectivity index (χ0) is 12.3. The summed E-state index contributed by atoms with van der Waals surface area (Å²) in [6.07, 6.45) is 3.43. The minimum atomic E-state index is -0.820. The molecule has 2 rings (SSSR count). The summed E-state index contributed by atoms with van der Waals surface area (Å²) < 4.78 is 26.5. The zero-order valence-electron chi connectivity index (χ0n) is 9.37. The number of aromatic amines is 1. The van der Waals surface area contributed by atoms with Crippen LogP contribution >= 0.6 is 0 Å². The number of nitrogens with one attached hydrogen (secondary N) is 2. The van der Waals surface area contributed by atoms with E-state index in [-0.39, 0.29) is 6.04 Å². The Labute approximate surface area is 97.9 Å². The van der Waals surface area contributed by atoms with E-state index in [1.54, 1.807) is 25.4 Å². The van der Waals surface area contributed by atoms with E-state index in [4.69, 9.17) is 0 Å². The molecule has 5 heteroatoms. The Bertz CT molecular complexity index is 483. The Kier molecular flexibility index (Phi) is 3.49. The van der Waals surface area contributed by atoms with Crippen LogP contribution in [0.3, 0.4) is 0 Å². The Balaban J connectivity index is 2.04. The van der Waals surface area contributed by atoms with Crippen molar-refractivity contribution in [2.75, 3.05) is 0 Å². The maximum absolute atomic E-state index is 13.5. The van der Waals surface area contributed by atoms with Crippen molar-refractivity contribution in [3.8, 4) is 0 Å². The zero-order valence-corrected chi connectivity index (χ0v) is 9.37. The minimum absolute atomic E-state index is 0.263. The number of benzene rings is 1. The van der Waals surface area contributed by atoms with E-state index in [9.17, 15) is 8.78 Å². The molecule has 3 nitrogen and oxygen atoms in total. The van der Waals surface area contributed by atoms with Crippen molar-refractivity contribution in [2.24, 2.45) is 0 Å². The van der Waals surface area contributed by atoms with Gasteiger partial charge in [0.05, 0.1) is 6.20 Å². The lowest BCUT2D eigenvalue weighted by Crippen LogP contribution is -2.19. The van der Waals surface area contributed by atoms with Gasteiger partial charge in [0.2, 0.25) is 0 Å². The van der Waals surface area contributed by atoms with Crippen molar-refractivity contribution < 1.29 is 8.78 Å². The molecule has 1 heterocycles. The van der Waals surface area contributed by atoms with E-state index in [2.05, 4.69) is 15.5 Å². The molecular formula is C12H13F2N3. The van der Waals surface area contributed by atoms with Crippen LogP contribution in [-0.2, 0) is 6.54 Å². The number of rotatable bonds is 4. The van der Waals surface area contributed by atoms with Crippen LogP contribution in [0.25, 0.3) is 0 Å². The van der Waals surface area contributed by atoms with E-state index in [1.165, 1.54) is 6.07 Å². The lowest BCUT2D eigenvalue weighted by Gasteiger charge is -2.14. The largest absolute Gasteiger partial charge is 0.306 e. The van der Waals surface area contributed by atoms with Crippen LogP contribution in [0.4, 0.5) is 8.78 Å². The quantitative estimate of drug-likeness (QED) is 0.857. The van der Waals surface area contributed by atoms with Crippen LogP contribution in [0.15, 0.2) is 30.6 Å². The average Bonchev–Trinajstić information content (AvgIpc) is 2.82. The van der Waals surface area contributed by atoms with Gasteiger partial charge >= 0.3 is 0 Å². The van der Waals surface area contributed by atoms with E-state index >= 15 is 0 Å². The summed E-state index contributed by atoms with van der Waals surface area (Å²) in [4.78, 5) is 0. The first-order valence-electron chi connectivity index (χ1n) is 5.33. The fraction of sp³-hybridized carbons (Fsp3) is 0.250. The van der Waals surface area contributed by atoms with Gasteiger partial charge in [-0.15, -0.1) is 0 Å². The van der Waals surface area contributed by atoms with Gasteiger partial charge in [0.1, 0.15) is 0 Å². The van der Waals surface area contributed by atoms with Crippen molar-refractivity contribution in [1.82, 2.24) is 15.5 Å². The highest BCUT2D eigenvalue weighted by atomic mass is 19.2. The van der Waals surface area contributed by atoms with E-state index in [0.29, 0.717) is 12.1 Å². The second kappa shape index (κ2) is 5.05. The maximum Gasteiger partial charge on any atom is 0.163 e. The SMILES string of the molecule is CC(NCc1cn[nH]c1)c1cccc(F)c1F. The number of aromatic nitrogens is 2. The predicted molar refractivity (Wildman–Crippen MR) is 60.2 cm³/mol. The maximum atomic E-state index is 13.5. The molecular weight excluding hydrogens is 224 g/mol. The monoisotopic (exact) mass is 237 g/mol. The second-order valence-corrected chi connectivity index (χ2v) is 3.85. The van der Waals surface area contributed by atoms with Gasteiger partial charge in [-0.05, 0) is 13.0 Å². The normalized spacial score (nSPS) is 12.6. The number of halogens is 2. The molecule has 0 aliphatic carbocycles. The molecule has 0 radical (unpaired) electrons. The van der Waals surface area contributed by atoms with Crippen LogP contribution in [0.2, 0.25) is 0 Å². The van der Waals surface area contributed by atoms with Gasteiger partial charge in [0.25, 0.3) is 0 Å². The standard InChI is InChI=1S/C12H13F2N3/c1-8(15-5-9-6-16-17-7-9)10-3-2-4-11(13)12(10)14/h2-4,6-8,15H,5H2,1H3,(H,16,17). The van der Waals surface area contributed by atoms with Crippen LogP contribution < -0.4 is 5.32 Å². The summed E-state index contributed by atoms with van der Waals surface area (Å²) in [6, 6.07) is 3.93. The Morgan fingerprint density at radius 3 is 2.94 bits per heavy atom. The lowest BCUT2D eigenvalue weighted by molar-refractivity contribution is 0.472. The topological polar surface area (TPSA) is 40.7 Å². The molecule has 1 aromatic heterocycles. The van der Waals surface area contributed by atoms with Gasteiger partial charge in [0.15, 0.2) is 11.6 Å².